The molecular formula is C15H17F2N3. The third-order valence-electron chi connectivity index (χ3n) is 3.96. The fourth-order valence-electron chi connectivity index (χ4n) is 2.64. The highest BCUT2D eigenvalue weighted by atomic mass is 19.1. The molecule has 0 saturated carbocycles. The molecule has 1 atom stereocenters. The maximum Gasteiger partial charge on any atom is 0.130 e. The highest BCUT2D eigenvalue weighted by molar-refractivity contribution is 5.22. The Balaban J connectivity index is 1.67. The van der Waals surface area contributed by atoms with E-state index >= 15 is 0 Å². The van der Waals surface area contributed by atoms with Gasteiger partial charge >= 0.3 is 0 Å². The first kappa shape index (κ1) is 13.2. The smallest absolute Gasteiger partial charge is 0.130 e. The Morgan fingerprint density at radius 1 is 1.30 bits per heavy atom. The number of aryl methyl sites for hydroxylation is 1. The Morgan fingerprint density at radius 2 is 2.05 bits per heavy atom. The molecule has 3 rings (SSSR count). The molecule has 0 N–H and O–H groups in total. The van der Waals surface area contributed by atoms with Crippen LogP contribution in [0.15, 0.2) is 30.6 Å². The van der Waals surface area contributed by atoms with Gasteiger partial charge in [0.05, 0.1) is 12.2 Å². The number of nitrogens with zero attached hydrogens (tertiary/aromatic N) is 3. The zero-order chi connectivity index (χ0) is 14.3. The molecule has 1 aliphatic heterocycles. The lowest BCUT2D eigenvalue weighted by atomic mass is 10.00. The van der Waals surface area contributed by atoms with Gasteiger partial charge in [0.25, 0.3) is 0 Å². The molecular weight excluding hydrogens is 260 g/mol. The predicted molar refractivity (Wildman–Crippen MR) is 72.3 cm³/mol. The van der Waals surface area contributed by atoms with Gasteiger partial charge in [0, 0.05) is 37.0 Å². The van der Waals surface area contributed by atoms with E-state index in [1.165, 1.54) is 12.1 Å². The largest absolute Gasteiger partial charge is 0.292 e. The van der Waals surface area contributed by atoms with E-state index in [9.17, 15) is 8.78 Å². The van der Waals surface area contributed by atoms with Crippen LogP contribution in [0.5, 0.6) is 0 Å². The van der Waals surface area contributed by atoms with Crippen LogP contribution >= 0.6 is 0 Å². The number of hydrogen-bond donors (Lipinski definition) is 0. The first-order valence-corrected chi connectivity index (χ1v) is 6.74. The molecule has 5 heteroatoms. The van der Waals surface area contributed by atoms with E-state index in [0.717, 1.165) is 24.7 Å². The minimum Gasteiger partial charge on any atom is -0.292 e. The normalized spacial score (nSPS) is 18.0. The number of hydrogen-bond acceptors (Lipinski definition) is 2. The van der Waals surface area contributed by atoms with E-state index in [0.29, 0.717) is 11.6 Å². The standard InChI is InChI=1S/C15H17F2N3/c1-10-6-18-20(7-10)13-8-19(9-13)11(2)14-4-3-12(16)5-15(14)17/h3-7,11,13H,8-9H2,1-2H3/t11-/m0/s1. The van der Waals surface area contributed by atoms with Crippen molar-refractivity contribution in [2.45, 2.75) is 25.9 Å². The Labute approximate surface area is 116 Å². The second-order valence-electron chi connectivity index (χ2n) is 5.45. The second kappa shape index (κ2) is 4.98. The molecule has 0 bridgehead atoms. The quantitative estimate of drug-likeness (QED) is 0.859. The van der Waals surface area contributed by atoms with Gasteiger partial charge in [-0.25, -0.2) is 8.78 Å². The van der Waals surface area contributed by atoms with Crippen LogP contribution in [-0.2, 0) is 0 Å². The summed E-state index contributed by atoms with van der Waals surface area (Å²) in [6.45, 7) is 5.62. The zero-order valence-corrected chi connectivity index (χ0v) is 11.6. The molecule has 0 unspecified atom stereocenters. The first-order chi connectivity index (χ1) is 9.54. The highest BCUT2D eigenvalue weighted by Crippen LogP contribution is 2.32. The van der Waals surface area contributed by atoms with Gasteiger partial charge in [-0.3, -0.25) is 9.58 Å². The zero-order valence-electron chi connectivity index (χ0n) is 11.6. The van der Waals surface area contributed by atoms with Crippen LogP contribution in [0.3, 0.4) is 0 Å². The van der Waals surface area contributed by atoms with Crippen LogP contribution in [0.1, 0.15) is 30.1 Å². The Bertz CT molecular complexity index is 617. The van der Waals surface area contributed by atoms with Crippen molar-refractivity contribution in [2.24, 2.45) is 0 Å². The molecule has 20 heavy (non-hydrogen) atoms. The fraction of sp³-hybridized carbons (Fsp3) is 0.400. The number of rotatable bonds is 3. The molecule has 0 radical (unpaired) electrons. The number of halogens is 2. The molecule has 0 amide bonds. The number of aromatic nitrogens is 2. The van der Waals surface area contributed by atoms with E-state index in [2.05, 4.69) is 10.00 Å². The molecule has 3 nitrogen and oxygen atoms in total. The fourth-order valence-corrected chi connectivity index (χ4v) is 2.64. The third kappa shape index (κ3) is 2.33. The molecule has 0 aliphatic carbocycles. The summed E-state index contributed by atoms with van der Waals surface area (Å²) < 4.78 is 28.6. The lowest BCUT2D eigenvalue weighted by Gasteiger charge is -2.43. The van der Waals surface area contributed by atoms with Gasteiger partial charge in [-0.15, -0.1) is 0 Å². The van der Waals surface area contributed by atoms with E-state index in [1.807, 2.05) is 30.9 Å². The van der Waals surface area contributed by atoms with Gasteiger partial charge in [-0.2, -0.15) is 5.10 Å². The maximum atomic E-state index is 13.8. The average Bonchev–Trinajstić information content (AvgIpc) is 2.73. The molecule has 1 aromatic carbocycles. The topological polar surface area (TPSA) is 21.1 Å². The van der Waals surface area contributed by atoms with Gasteiger partial charge in [-0.05, 0) is 25.5 Å². The monoisotopic (exact) mass is 277 g/mol. The lowest BCUT2D eigenvalue weighted by molar-refractivity contribution is 0.0581. The van der Waals surface area contributed by atoms with E-state index in [1.54, 1.807) is 0 Å². The Hall–Kier alpha value is -1.75. The first-order valence-electron chi connectivity index (χ1n) is 6.74. The number of benzene rings is 1. The molecule has 1 saturated heterocycles. The van der Waals surface area contributed by atoms with Crippen LogP contribution in [0.2, 0.25) is 0 Å². The van der Waals surface area contributed by atoms with Crippen LogP contribution in [0, 0.1) is 18.6 Å². The van der Waals surface area contributed by atoms with Crippen molar-refractivity contribution in [1.29, 1.82) is 0 Å². The SMILES string of the molecule is Cc1cnn(C2CN([C@@H](C)c3ccc(F)cc3F)C2)c1. The maximum absolute atomic E-state index is 13.8. The van der Waals surface area contributed by atoms with E-state index in [-0.39, 0.29) is 6.04 Å². The summed E-state index contributed by atoms with van der Waals surface area (Å²) in [4.78, 5) is 2.16. The third-order valence-corrected chi connectivity index (χ3v) is 3.96. The molecule has 1 fully saturated rings. The average molecular weight is 277 g/mol. The van der Waals surface area contributed by atoms with Crippen LogP contribution in [0.4, 0.5) is 8.78 Å². The molecule has 2 aromatic rings. The van der Waals surface area contributed by atoms with Crippen molar-refractivity contribution in [3.05, 3.63) is 53.4 Å². The van der Waals surface area contributed by atoms with Crippen molar-refractivity contribution in [1.82, 2.24) is 14.7 Å². The van der Waals surface area contributed by atoms with Crippen LogP contribution < -0.4 is 0 Å². The van der Waals surface area contributed by atoms with Crippen LogP contribution in [0.25, 0.3) is 0 Å². The molecule has 0 spiro atoms. The van der Waals surface area contributed by atoms with Gasteiger partial charge < -0.3 is 0 Å². The summed E-state index contributed by atoms with van der Waals surface area (Å²) in [6, 6.07) is 4.07. The predicted octanol–water partition coefficient (Wildman–Crippen LogP) is 3.09. The van der Waals surface area contributed by atoms with Crippen molar-refractivity contribution >= 4 is 0 Å². The van der Waals surface area contributed by atoms with Crippen molar-refractivity contribution in [2.75, 3.05) is 13.1 Å². The molecule has 106 valence electrons. The van der Waals surface area contributed by atoms with Gasteiger partial charge in [-0.1, -0.05) is 6.07 Å². The highest BCUT2D eigenvalue weighted by Gasteiger charge is 2.33. The van der Waals surface area contributed by atoms with Crippen LogP contribution in [-0.4, -0.2) is 27.8 Å². The Kier molecular flexibility index (Phi) is 3.30. The summed E-state index contributed by atoms with van der Waals surface area (Å²) in [5.74, 6) is -1.01. The summed E-state index contributed by atoms with van der Waals surface area (Å²) in [5, 5.41) is 4.30. The minimum atomic E-state index is -0.535. The summed E-state index contributed by atoms with van der Waals surface area (Å²) in [7, 11) is 0. The number of likely N-dealkylation sites (tertiary alicyclic amines) is 1. The van der Waals surface area contributed by atoms with E-state index < -0.39 is 11.6 Å². The van der Waals surface area contributed by atoms with Crippen molar-refractivity contribution in [3.63, 3.8) is 0 Å². The minimum absolute atomic E-state index is 0.0523. The van der Waals surface area contributed by atoms with Crippen molar-refractivity contribution < 1.29 is 8.78 Å². The van der Waals surface area contributed by atoms with Gasteiger partial charge in [0.2, 0.25) is 0 Å². The molecule has 1 aliphatic rings. The Morgan fingerprint density at radius 3 is 2.65 bits per heavy atom. The van der Waals surface area contributed by atoms with E-state index in [4.69, 9.17) is 0 Å². The van der Waals surface area contributed by atoms with Crippen molar-refractivity contribution in [3.8, 4) is 0 Å². The lowest BCUT2D eigenvalue weighted by Crippen LogP contribution is -2.48. The van der Waals surface area contributed by atoms with Gasteiger partial charge in [0.1, 0.15) is 11.6 Å². The summed E-state index contributed by atoms with van der Waals surface area (Å²) >= 11 is 0. The second-order valence-corrected chi connectivity index (χ2v) is 5.45. The summed E-state index contributed by atoms with van der Waals surface area (Å²) in [6.07, 6.45) is 3.86. The summed E-state index contributed by atoms with van der Waals surface area (Å²) in [5.41, 5.74) is 1.68. The van der Waals surface area contributed by atoms with Gasteiger partial charge in [0.15, 0.2) is 0 Å². The molecule has 1 aromatic heterocycles. The molecule has 2 heterocycles.